The minimum absolute atomic E-state index is 0.235. The van der Waals surface area contributed by atoms with Gasteiger partial charge in [0, 0.05) is 47.8 Å². The Hall–Kier alpha value is -1.56. The van der Waals surface area contributed by atoms with Crippen molar-refractivity contribution in [1.29, 1.82) is 0 Å². The molecular formula is C18H19BrClN3O. The molecule has 0 unspecified atom stereocenters. The van der Waals surface area contributed by atoms with E-state index < -0.39 is 0 Å². The number of rotatable bonds is 4. The van der Waals surface area contributed by atoms with Gasteiger partial charge in [-0.1, -0.05) is 45.7 Å². The van der Waals surface area contributed by atoms with Crippen molar-refractivity contribution < 1.29 is 5.11 Å². The maximum absolute atomic E-state index is 9.85. The molecule has 24 heavy (non-hydrogen) atoms. The van der Waals surface area contributed by atoms with Gasteiger partial charge in [0.05, 0.1) is 6.21 Å². The van der Waals surface area contributed by atoms with E-state index >= 15 is 0 Å². The van der Waals surface area contributed by atoms with Gasteiger partial charge in [0.15, 0.2) is 0 Å². The molecular weight excluding hydrogens is 390 g/mol. The molecule has 1 N–H and O–H groups in total. The standard InChI is InChI=1S/C18H19BrClN3O/c19-16-5-6-18(24)15(11-16)12-21-23-9-7-22(8-10-23)13-14-3-1-2-4-17(14)20/h1-6,11-12,24H,7-10,13H2/b21-12+. The van der Waals surface area contributed by atoms with Gasteiger partial charge in [-0.3, -0.25) is 9.91 Å². The molecule has 0 atom stereocenters. The first kappa shape index (κ1) is 17.3. The minimum Gasteiger partial charge on any atom is -0.507 e. The zero-order valence-corrected chi connectivity index (χ0v) is 15.5. The lowest BCUT2D eigenvalue weighted by molar-refractivity contribution is 0.131. The Bertz CT molecular complexity index is 730. The first-order valence-corrected chi connectivity index (χ1v) is 9.02. The second-order valence-electron chi connectivity index (χ2n) is 5.77. The van der Waals surface area contributed by atoms with Crippen LogP contribution in [0.15, 0.2) is 52.0 Å². The van der Waals surface area contributed by atoms with E-state index in [-0.39, 0.29) is 5.75 Å². The van der Waals surface area contributed by atoms with Crippen LogP contribution in [0, 0.1) is 0 Å². The molecule has 0 spiro atoms. The highest BCUT2D eigenvalue weighted by molar-refractivity contribution is 9.10. The third kappa shape index (κ3) is 4.50. The van der Waals surface area contributed by atoms with Crippen LogP contribution in [0.5, 0.6) is 5.75 Å². The predicted molar refractivity (Wildman–Crippen MR) is 102 cm³/mol. The van der Waals surface area contributed by atoms with E-state index in [9.17, 15) is 5.11 Å². The first-order valence-electron chi connectivity index (χ1n) is 7.85. The van der Waals surface area contributed by atoms with Crippen molar-refractivity contribution in [3.8, 4) is 5.75 Å². The molecule has 3 rings (SSSR count). The number of phenols is 1. The zero-order chi connectivity index (χ0) is 16.9. The number of aromatic hydroxyl groups is 1. The summed E-state index contributed by atoms with van der Waals surface area (Å²) in [5, 5.41) is 17.2. The van der Waals surface area contributed by atoms with Crippen molar-refractivity contribution in [2.75, 3.05) is 26.2 Å². The Morgan fingerprint density at radius 1 is 1.12 bits per heavy atom. The second-order valence-corrected chi connectivity index (χ2v) is 7.09. The average Bonchev–Trinajstić information content (AvgIpc) is 2.59. The summed E-state index contributed by atoms with van der Waals surface area (Å²) < 4.78 is 0.923. The minimum atomic E-state index is 0.235. The molecule has 126 valence electrons. The zero-order valence-electron chi connectivity index (χ0n) is 13.2. The SMILES string of the molecule is Oc1ccc(Br)cc1/C=N/N1CCN(Cc2ccccc2Cl)CC1. The fourth-order valence-electron chi connectivity index (χ4n) is 2.65. The normalized spacial score (nSPS) is 16.0. The summed E-state index contributed by atoms with van der Waals surface area (Å²) in [6.45, 7) is 4.45. The molecule has 0 amide bonds. The molecule has 1 fully saturated rings. The van der Waals surface area contributed by atoms with Crippen LogP contribution in [0.2, 0.25) is 5.02 Å². The van der Waals surface area contributed by atoms with Gasteiger partial charge in [0.25, 0.3) is 0 Å². The van der Waals surface area contributed by atoms with E-state index in [1.54, 1.807) is 18.3 Å². The van der Waals surface area contributed by atoms with Crippen LogP contribution in [0.3, 0.4) is 0 Å². The fraction of sp³-hybridized carbons (Fsp3) is 0.278. The van der Waals surface area contributed by atoms with Crippen molar-refractivity contribution in [2.45, 2.75) is 6.54 Å². The molecule has 0 radical (unpaired) electrons. The van der Waals surface area contributed by atoms with Gasteiger partial charge in [-0.05, 0) is 29.8 Å². The van der Waals surface area contributed by atoms with Gasteiger partial charge >= 0.3 is 0 Å². The highest BCUT2D eigenvalue weighted by atomic mass is 79.9. The second kappa shape index (κ2) is 8.01. The number of nitrogens with zero attached hydrogens (tertiary/aromatic N) is 3. The summed E-state index contributed by atoms with van der Waals surface area (Å²) in [5.74, 6) is 0.235. The van der Waals surface area contributed by atoms with Crippen molar-refractivity contribution in [1.82, 2.24) is 9.91 Å². The molecule has 0 saturated carbocycles. The summed E-state index contributed by atoms with van der Waals surface area (Å²) >= 11 is 9.63. The molecule has 6 heteroatoms. The lowest BCUT2D eigenvalue weighted by atomic mass is 10.2. The van der Waals surface area contributed by atoms with E-state index in [4.69, 9.17) is 11.6 Å². The number of benzene rings is 2. The van der Waals surface area contributed by atoms with E-state index in [0.29, 0.717) is 5.56 Å². The molecule has 1 aliphatic heterocycles. The van der Waals surface area contributed by atoms with Gasteiger partial charge in [0.2, 0.25) is 0 Å². The molecule has 2 aromatic rings. The molecule has 2 aromatic carbocycles. The molecule has 1 heterocycles. The van der Waals surface area contributed by atoms with Crippen molar-refractivity contribution in [3.05, 3.63) is 63.1 Å². The lowest BCUT2D eigenvalue weighted by Crippen LogP contribution is -2.43. The molecule has 1 aliphatic rings. The van der Waals surface area contributed by atoms with Crippen LogP contribution >= 0.6 is 27.5 Å². The average molecular weight is 409 g/mol. The maximum Gasteiger partial charge on any atom is 0.124 e. The number of hydrazone groups is 1. The lowest BCUT2D eigenvalue weighted by Gasteiger charge is -2.33. The first-order chi connectivity index (χ1) is 11.6. The Labute approximate surface area is 155 Å². The monoisotopic (exact) mass is 407 g/mol. The Morgan fingerprint density at radius 3 is 2.62 bits per heavy atom. The summed E-state index contributed by atoms with van der Waals surface area (Å²) in [6.07, 6.45) is 1.71. The quantitative estimate of drug-likeness (QED) is 0.778. The number of phenolic OH excluding ortho intramolecular Hbond substituents is 1. The summed E-state index contributed by atoms with van der Waals surface area (Å²) in [7, 11) is 0. The third-order valence-corrected chi connectivity index (χ3v) is 4.91. The summed E-state index contributed by atoms with van der Waals surface area (Å²) in [4.78, 5) is 2.38. The number of piperazine rings is 1. The number of halogens is 2. The highest BCUT2D eigenvalue weighted by Crippen LogP contribution is 2.21. The van der Waals surface area contributed by atoms with Crippen molar-refractivity contribution in [3.63, 3.8) is 0 Å². The van der Waals surface area contributed by atoms with Crippen LogP contribution in [0.1, 0.15) is 11.1 Å². The molecule has 0 bridgehead atoms. The topological polar surface area (TPSA) is 39.1 Å². The van der Waals surface area contributed by atoms with E-state index in [0.717, 1.165) is 47.8 Å². The molecule has 0 aliphatic carbocycles. The smallest absolute Gasteiger partial charge is 0.124 e. The van der Waals surface area contributed by atoms with Crippen molar-refractivity contribution in [2.24, 2.45) is 5.10 Å². The van der Waals surface area contributed by atoms with Gasteiger partial charge in [-0.25, -0.2) is 0 Å². The number of hydrogen-bond acceptors (Lipinski definition) is 4. The van der Waals surface area contributed by atoms with Crippen LogP contribution in [0.4, 0.5) is 0 Å². The third-order valence-electron chi connectivity index (χ3n) is 4.05. The van der Waals surface area contributed by atoms with Crippen LogP contribution in [0.25, 0.3) is 0 Å². The summed E-state index contributed by atoms with van der Waals surface area (Å²) in [5.41, 5.74) is 1.87. The predicted octanol–water partition coefficient (Wildman–Crippen LogP) is 3.96. The van der Waals surface area contributed by atoms with Gasteiger partial charge in [-0.2, -0.15) is 5.10 Å². The highest BCUT2D eigenvalue weighted by Gasteiger charge is 2.16. The number of hydrogen-bond donors (Lipinski definition) is 1. The molecule has 1 saturated heterocycles. The Kier molecular flexibility index (Phi) is 5.76. The van der Waals surface area contributed by atoms with E-state index in [1.165, 1.54) is 0 Å². The largest absolute Gasteiger partial charge is 0.507 e. The van der Waals surface area contributed by atoms with Crippen molar-refractivity contribution >= 4 is 33.7 Å². The van der Waals surface area contributed by atoms with E-state index in [1.807, 2.05) is 29.3 Å². The van der Waals surface area contributed by atoms with Crippen LogP contribution in [-0.4, -0.2) is 47.4 Å². The van der Waals surface area contributed by atoms with E-state index in [2.05, 4.69) is 32.0 Å². The summed E-state index contributed by atoms with van der Waals surface area (Å²) in [6, 6.07) is 13.3. The molecule has 0 aromatic heterocycles. The maximum atomic E-state index is 9.85. The Morgan fingerprint density at radius 2 is 1.88 bits per heavy atom. The van der Waals surface area contributed by atoms with Crippen LogP contribution < -0.4 is 0 Å². The van der Waals surface area contributed by atoms with Gasteiger partial charge in [0.1, 0.15) is 5.75 Å². The fourth-order valence-corrected chi connectivity index (χ4v) is 3.23. The van der Waals surface area contributed by atoms with Gasteiger partial charge < -0.3 is 5.11 Å². The van der Waals surface area contributed by atoms with Crippen LogP contribution in [-0.2, 0) is 6.54 Å². The van der Waals surface area contributed by atoms with Gasteiger partial charge in [-0.15, -0.1) is 0 Å². The Balaban J connectivity index is 1.54. The molecule has 4 nitrogen and oxygen atoms in total.